The van der Waals surface area contributed by atoms with Crippen LogP contribution in [0.15, 0.2) is 41.3 Å². The summed E-state index contributed by atoms with van der Waals surface area (Å²) < 4.78 is 33.1. The summed E-state index contributed by atoms with van der Waals surface area (Å²) in [7, 11) is -1.88. The average Bonchev–Trinajstić information content (AvgIpc) is 2.63. The van der Waals surface area contributed by atoms with E-state index >= 15 is 0 Å². The fourth-order valence-corrected chi connectivity index (χ4v) is 5.10. The molecule has 0 saturated carbocycles. The number of piperazine rings is 1. The minimum absolute atomic E-state index is 0.395. The molecule has 0 aliphatic carbocycles. The lowest BCUT2D eigenvalue weighted by Gasteiger charge is -2.36. The fourth-order valence-electron chi connectivity index (χ4n) is 3.20. The molecule has 2 aromatic carbocycles. The minimum Gasteiger partial charge on any atom is -0.495 e. The number of hydrogen-bond acceptors (Lipinski definition) is 4. The van der Waals surface area contributed by atoms with Crippen molar-refractivity contribution in [2.45, 2.75) is 18.7 Å². The number of rotatable bonds is 4. The molecule has 0 radical (unpaired) electrons. The Labute approximate surface area is 160 Å². The summed E-state index contributed by atoms with van der Waals surface area (Å²) in [5, 5.41) is 0.631. The zero-order valence-electron chi connectivity index (χ0n) is 15.2. The molecule has 26 heavy (non-hydrogen) atoms. The van der Waals surface area contributed by atoms with Crippen molar-refractivity contribution >= 4 is 27.3 Å². The summed E-state index contributed by atoms with van der Waals surface area (Å²) in [4.78, 5) is 2.51. The van der Waals surface area contributed by atoms with E-state index in [-0.39, 0.29) is 0 Å². The first-order valence-corrected chi connectivity index (χ1v) is 10.3. The smallest absolute Gasteiger partial charge is 0.243 e. The minimum atomic E-state index is -3.50. The van der Waals surface area contributed by atoms with Crippen LogP contribution in [0.3, 0.4) is 0 Å². The fraction of sp³-hybridized carbons (Fsp3) is 0.368. The standard InChI is InChI=1S/C19H23ClN2O3S/c1-14-4-5-15(2)19(12-14)26(23,24)22-10-8-21(9-11-22)17-13-16(20)6-7-18(17)25-3/h4-7,12-13H,8-11H2,1-3H3. The number of hydrogen-bond donors (Lipinski definition) is 0. The summed E-state index contributed by atoms with van der Waals surface area (Å²) >= 11 is 6.12. The summed E-state index contributed by atoms with van der Waals surface area (Å²) in [6, 6.07) is 11.0. The van der Waals surface area contributed by atoms with E-state index in [4.69, 9.17) is 16.3 Å². The Morgan fingerprint density at radius 1 is 1.00 bits per heavy atom. The van der Waals surface area contributed by atoms with Gasteiger partial charge in [0.2, 0.25) is 10.0 Å². The zero-order chi connectivity index (χ0) is 18.9. The first kappa shape index (κ1) is 19.0. The number of ether oxygens (including phenoxy) is 1. The van der Waals surface area contributed by atoms with Crippen LogP contribution in [-0.4, -0.2) is 46.0 Å². The quantitative estimate of drug-likeness (QED) is 0.796. The SMILES string of the molecule is COc1ccc(Cl)cc1N1CCN(S(=O)(=O)c2cc(C)ccc2C)CC1. The third kappa shape index (κ3) is 3.68. The number of anilines is 1. The molecule has 1 heterocycles. The third-order valence-electron chi connectivity index (χ3n) is 4.68. The molecule has 7 heteroatoms. The van der Waals surface area contributed by atoms with E-state index in [1.807, 2.05) is 38.1 Å². The number of benzene rings is 2. The van der Waals surface area contributed by atoms with Crippen molar-refractivity contribution in [3.05, 3.63) is 52.5 Å². The van der Waals surface area contributed by atoms with Crippen molar-refractivity contribution in [2.24, 2.45) is 0 Å². The second-order valence-corrected chi connectivity index (χ2v) is 8.82. The van der Waals surface area contributed by atoms with Gasteiger partial charge in [-0.25, -0.2) is 8.42 Å². The van der Waals surface area contributed by atoms with E-state index in [1.54, 1.807) is 23.5 Å². The van der Waals surface area contributed by atoms with E-state index < -0.39 is 10.0 Å². The zero-order valence-corrected chi connectivity index (χ0v) is 16.8. The largest absolute Gasteiger partial charge is 0.495 e. The molecule has 1 aliphatic rings. The van der Waals surface area contributed by atoms with Gasteiger partial charge in [-0.05, 0) is 49.2 Å². The second kappa shape index (κ2) is 7.47. The van der Waals surface area contributed by atoms with Gasteiger partial charge in [-0.15, -0.1) is 0 Å². The summed E-state index contributed by atoms with van der Waals surface area (Å²) in [5.41, 5.74) is 2.61. The number of methoxy groups -OCH3 is 1. The highest BCUT2D eigenvalue weighted by Crippen LogP contribution is 2.32. The number of nitrogens with zero attached hydrogens (tertiary/aromatic N) is 2. The molecule has 0 aromatic heterocycles. The molecular formula is C19H23ClN2O3S. The van der Waals surface area contributed by atoms with Crippen molar-refractivity contribution in [1.82, 2.24) is 4.31 Å². The van der Waals surface area contributed by atoms with Gasteiger partial charge in [0.1, 0.15) is 5.75 Å². The Balaban J connectivity index is 1.80. The number of sulfonamides is 1. The van der Waals surface area contributed by atoms with Crippen LogP contribution < -0.4 is 9.64 Å². The average molecular weight is 395 g/mol. The molecule has 140 valence electrons. The maximum Gasteiger partial charge on any atom is 0.243 e. The molecule has 3 rings (SSSR count). The highest BCUT2D eigenvalue weighted by molar-refractivity contribution is 7.89. The van der Waals surface area contributed by atoms with Gasteiger partial charge in [0, 0.05) is 31.2 Å². The van der Waals surface area contributed by atoms with Crippen molar-refractivity contribution in [1.29, 1.82) is 0 Å². The number of halogens is 1. The highest BCUT2D eigenvalue weighted by Gasteiger charge is 2.30. The van der Waals surface area contributed by atoms with Gasteiger partial charge in [-0.2, -0.15) is 4.31 Å². The van der Waals surface area contributed by atoms with Crippen molar-refractivity contribution in [3.63, 3.8) is 0 Å². The monoisotopic (exact) mass is 394 g/mol. The topological polar surface area (TPSA) is 49.9 Å². The van der Waals surface area contributed by atoms with Crippen molar-refractivity contribution < 1.29 is 13.2 Å². The summed E-state index contributed by atoms with van der Waals surface area (Å²) in [5.74, 6) is 0.736. The first-order valence-electron chi connectivity index (χ1n) is 8.49. The van der Waals surface area contributed by atoms with E-state index in [1.165, 1.54) is 0 Å². The molecule has 0 N–H and O–H groups in total. The summed E-state index contributed by atoms with van der Waals surface area (Å²) in [6.45, 7) is 5.75. The first-order chi connectivity index (χ1) is 12.3. The Hall–Kier alpha value is -1.76. The van der Waals surface area contributed by atoms with Gasteiger partial charge in [-0.3, -0.25) is 0 Å². The Morgan fingerprint density at radius 2 is 1.69 bits per heavy atom. The van der Waals surface area contributed by atoms with E-state index in [0.717, 1.165) is 22.6 Å². The molecule has 0 amide bonds. The number of aryl methyl sites for hydroxylation is 2. The highest BCUT2D eigenvalue weighted by atomic mass is 35.5. The lowest BCUT2D eigenvalue weighted by Crippen LogP contribution is -2.48. The molecule has 5 nitrogen and oxygen atoms in total. The van der Waals surface area contributed by atoms with Crippen LogP contribution in [0.2, 0.25) is 5.02 Å². The predicted molar refractivity (Wildman–Crippen MR) is 105 cm³/mol. The molecule has 0 spiro atoms. The van der Waals surface area contributed by atoms with E-state index in [0.29, 0.717) is 36.1 Å². The Kier molecular flexibility index (Phi) is 5.46. The van der Waals surface area contributed by atoms with E-state index in [9.17, 15) is 8.42 Å². The third-order valence-corrected chi connectivity index (χ3v) is 6.96. The molecule has 0 unspecified atom stereocenters. The van der Waals surface area contributed by atoms with Gasteiger partial charge >= 0.3 is 0 Å². The van der Waals surface area contributed by atoms with Crippen LogP contribution in [0.1, 0.15) is 11.1 Å². The molecule has 1 fully saturated rings. The van der Waals surface area contributed by atoms with Gasteiger partial charge in [0.15, 0.2) is 0 Å². The van der Waals surface area contributed by atoms with Crippen LogP contribution in [0.5, 0.6) is 5.75 Å². The van der Waals surface area contributed by atoms with E-state index in [2.05, 4.69) is 4.90 Å². The maximum atomic E-state index is 13.0. The lowest BCUT2D eigenvalue weighted by atomic mass is 10.2. The Morgan fingerprint density at radius 3 is 2.35 bits per heavy atom. The van der Waals surface area contributed by atoms with Crippen LogP contribution in [0, 0.1) is 13.8 Å². The van der Waals surface area contributed by atoms with Crippen LogP contribution in [0.4, 0.5) is 5.69 Å². The molecule has 1 saturated heterocycles. The molecule has 0 atom stereocenters. The van der Waals surface area contributed by atoms with Gasteiger partial charge in [-0.1, -0.05) is 23.7 Å². The van der Waals surface area contributed by atoms with Crippen LogP contribution >= 0.6 is 11.6 Å². The predicted octanol–water partition coefficient (Wildman–Crippen LogP) is 3.48. The molecule has 2 aromatic rings. The molecule has 0 bridgehead atoms. The normalized spacial score (nSPS) is 15.9. The van der Waals surface area contributed by atoms with Crippen molar-refractivity contribution in [3.8, 4) is 5.75 Å². The van der Waals surface area contributed by atoms with Gasteiger partial charge in [0.05, 0.1) is 17.7 Å². The maximum absolute atomic E-state index is 13.0. The summed E-state index contributed by atoms with van der Waals surface area (Å²) in [6.07, 6.45) is 0. The van der Waals surface area contributed by atoms with Crippen LogP contribution in [-0.2, 0) is 10.0 Å². The van der Waals surface area contributed by atoms with Gasteiger partial charge < -0.3 is 9.64 Å². The molecular weight excluding hydrogens is 372 g/mol. The second-order valence-electron chi connectivity index (χ2n) is 6.48. The Bertz CT molecular complexity index is 907. The lowest BCUT2D eigenvalue weighted by molar-refractivity contribution is 0.378. The van der Waals surface area contributed by atoms with Crippen molar-refractivity contribution in [2.75, 3.05) is 38.2 Å². The van der Waals surface area contributed by atoms with Gasteiger partial charge in [0.25, 0.3) is 0 Å². The molecule has 1 aliphatic heterocycles. The van der Waals surface area contributed by atoms with Crippen LogP contribution in [0.25, 0.3) is 0 Å².